The number of hydrogen-bond acceptors (Lipinski definition) is 6. The molecule has 0 aliphatic heterocycles. The van der Waals surface area contributed by atoms with Crippen LogP contribution in [0.15, 0.2) is 35.4 Å². The molecule has 0 radical (unpaired) electrons. The first-order valence-corrected chi connectivity index (χ1v) is 9.68. The van der Waals surface area contributed by atoms with Gasteiger partial charge in [-0.05, 0) is 12.1 Å². The predicted molar refractivity (Wildman–Crippen MR) is 85.0 cm³/mol. The van der Waals surface area contributed by atoms with E-state index in [1.807, 2.05) is 5.43 Å². The van der Waals surface area contributed by atoms with Crippen LogP contribution in [0.25, 0.3) is 0 Å². The molecule has 2 N–H and O–H groups in total. The van der Waals surface area contributed by atoms with Crippen LogP contribution in [-0.2, 0) is 19.7 Å². The van der Waals surface area contributed by atoms with Crippen LogP contribution in [-0.4, -0.2) is 38.7 Å². The smallest absolute Gasteiger partial charge is 0.307 e. The van der Waals surface area contributed by atoms with Crippen LogP contribution in [0, 0.1) is 0 Å². The van der Waals surface area contributed by atoms with Crippen LogP contribution in [0.2, 0.25) is 0 Å². The monoisotopic (exact) mass is 347 g/mol. The molecule has 0 atom stereocenters. The summed E-state index contributed by atoms with van der Waals surface area (Å²) in [6.45, 7) is 2.58. The maximum Gasteiger partial charge on any atom is 0.339 e. The van der Waals surface area contributed by atoms with E-state index in [-0.39, 0.29) is 0 Å². The first-order chi connectivity index (χ1) is 10.2. The molecule has 0 aliphatic rings. The summed E-state index contributed by atoms with van der Waals surface area (Å²) in [5.74, 6) is -0.875. The number of nitrogens with zero attached hydrogens (tertiary/aromatic N) is 1. The van der Waals surface area contributed by atoms with Gasteiger partial charge in [0.1, 0.15) is 0 Å². The molecule has 0 saturated heterocycles. The van der Waals surface area contributed by atoms with E-state index >= 15 is 0 Å². The number of nitrogens with one attached hydrogen (secondary N) is 2. The lowest BCUT2D eigenvalue weighted by Gasteiger charge is -2.07. The molecular weight excluding hydrogens is 330 g/mol. The van der Waals surface area contributed by atoms with Gasteiger partial charge in [-0.1, -0.05) is 32.0 Å². The minimum Gasteiger partial charge on any atom is -0.307 e. The Morgan fingerprint density at radius 3 is 1.95 bits per heavy atom. The van der Waals surface area contributed by atoms with Gasteiger partial charge in [-0.2, -0.15) is 0 Å². The number of para-hydroxylation sites is 1. The lowest BCUT2D eigenvalue weighted by Crippen LogP contribution is -2.33. The molecule has 0 bridgehead atoms. The number of urea groups is 1. The van der Waals surface area contributed by atoms with Crippen LogP contribution < -0.4 is 10.7 Å². The van der Waals surface area contributed by atoms with Crippen molar-refractivity contribution >= 4 is 35.8 Å². The van der Waals surface area contributed by atoms with Crippen LogP contribution >= 0.6 is 0 Å². The van der Waals surface area contributed by atoms with E-state index in [0.29, 0.717) is 5.69 Å². The summed E-state index contributed by atoms with van der Waals surface area (Å²) in [4.78, 5) is 11.6. The predicted octanol–water partition coefficient (Wildman–Crippen LogP) is 0.949. The Morgan fingerprint density at radius 1 is 1.00 bits per heavy atom. The summed E-state index contributed by atoms with van der Waals surface area (Å²) >= 11 is 0. The zero-order valence-electron chi connectivity index (χ0n) is 12.1. The number of rotatable bonds is 4. The number of benzene rings is 1. The van der Waals surface area contributed by atoms with Gasteiger partial charge in [-0.25, -0.2) is 27.1 Å². The SMILES string of the molecule is CCS(=O)(=O)C(=NNC(=O)Nc1ccccc1)S(=O)(=O)CC. The van der Waals surface area contributed by atoms with Crippen molar-refractivity contribution in [3.05, 3.63) is 30.3 Å². The number of hydrogen-bond donors (Lipinski definition) is 2. The van der Waals surface area contributed by atoms with Crippen molar-refractivity contribution in [3.8, 4) is 0 Å². The van der Waals surface area contributed by atoms with Crippen molar-refractivity contribution in [2.45, 2.75) is 13.8 Å². The number of carbonyl (C=O) groups excluding carboxylic acids is 1. The summed E-state index contributed by atoms with van der Waals surface area (Å²) in [6.07, 6.45) is 0. The molecule has 0 saturated carbocycles. The molecule has 1 rings (SSSR count). The zero-order chi connectivity index (χ0) is 16.8. The topological polar surface area (TPSA) is 122 Å². The maximum absolute atomic E-state index is 11.8. The van der Waals surface area contributed by atoms with Crippen LogP contribution in [0.4, 0.5) is 10.5 Å². The molecular formula is C12H17N3O5S2. The normalized spacial score (nSPS) is 11.5. The average Bonchev–Trinajstić information content (AvgIpc) is 2.48. The lowest BCUT2D eigenvalue weighted by atomic mass is 10.3. The number of amides is 2. The molecule has 2 amide bonds. The van der Waals surface area contributed by atoms with Gasteiger partial charge in [0.15, 0.2) is 0 Å². The second-order valence-electron chi connectivity index (χ2n) is 4.12. The van der Waals surface area contributed by atoms with E-state index in [9.17, 15) is 21.6 Å². The third-order valence-corrected chi connectivity index (χ3v) is 6.86. The summed E-state index contributed by atoms with van der Waals surface area (Å²) in [5.41, 5.74) is 2.34. The number of anilines is 1. The third-order valence-electron chi connectivity index (χ3n) is 2.57. The molecule has 0 heterocycles. The third kappa shape index (κ3) is 4.81. The first-order valence-electron chi connectivity index (χ1n) is 6.38. The number of carbonyl (C=O) groups is 1. The van der Waals surface area contributed by atoms with Gasteiger partial charge < -0.3 is 5.32 Å². The van der Waals surface area contributed by atoms with Crippen LogP contribution in [0.1, 0.15) is 13.8 Å². The Hall–Kier alpha value is -1.94. The Kier molecular flexibility index (Phi) is 6.06. The Bertz CT molecular complexity index is 719. The molecule has 10 heteroatoms. The van der Waals surface area contributed by atoms with Crippen LogP contribution in [0.3, 0.4) is 0 Å². The molecule has 8 nitrogen and oxygen atoms in total. The van der Waals surface area contributed by atoms with E-state index in [2.05, 4.69) is 10.4 Å². The van der Waals surface area contributed by atoms with Gasteiger partial charge in [0.25, 0.3) is 4.38 Å². The van der Waals surface area contributed by atoms with Crippen molar-refractivity contribution in [2.24, 2.45) is 5.10 Å². The van der Waals surface area contributed by atoms with Gasteiger partial charge >= 0.3 is 6.03 Å². The summed E-state index contributed by atoms with van der Waals surface area (Å²) in [6, 6.07) is 7.49. The van der Waals surface area contributed by atoms with Crippen molar-refractivity contribution in [2.75, 3.05) is 16.8 Å². The van der Waals surface area contributed by atoms with Crippen molar-refractivity contribution in [3.63, 3.8) is 0 Å². The van der Waals surface area contributed by atoms with Crippen LogP contribution in [0.5, 0.6) is 0 Å². The lowest BCUT2D eigenvalue weighted by molar-refractivity contribution is 0.252. The fourth-order valence-corrected chi connectivity index (χ4v) is 4.47. The molecule has 0 fully saturated rings. The van der Waals surface area contributed by atoms with Crippen molar-refractivity contribution in [1.29, 1.82) is 0 Å². The first kappa shape index (κ1) is 18.1. The number of hydrazone groups is 1. The Morgan fingerprint density at radius 2 is 1.50 bits per heavy atom. The molecule has 0 spiro atoms. The molecule has 0 unspecified atom stereocenters. The zero-order valence-corrected chi connectivity index (χ0v) is 13.7. The summed E-state index contributed by atoms with van der Waals surface area (Å²) in [7, 11) is -8.16. The maximum atomic E-state index is 11.8. The van der Waals surface area contributed by atoms with Crippen molar-refractivity contribution < 1.29 is 21.6 Å². The molecule has 22 heavy (non-hydrogen) atoms. The molecule has 122 valence electrons. The van der Waals surface area contributed by atoms with E-state index in [1.54, 1.807) is 30.3 Å². The second kappa shape index (κ2) is 7.36. The highest BCUT2D eigenvalue weighted by molar-refractivity contribution is 8.31. The minimum absolute atomic E-state index is 0.437. The second-order valence-corrected chi connectivity index (χ2v) is 8.76. The molecule has 1 aromatic carbocycles. The van der Waals surface area contributed by atoms with Gasteiger partial charge in [0, 0.05) is 5.69 Å². The van der Waals surface area contributed by atoms with Crippen molar-refractivity contribution in [1.82, 2.24) is 5.43 Å². The van der Waals surface area contributed by atoms with E-state index < -0.39 is 41.6 Å². The summed E-state index contributed by atoms with van der Waals surface area (Å²) in [5, 5.41) is 5.67. The Balaban J connectivity index is 2.98. The summed E-state index contributed by atoms with van der Waals surface area (Å²) < 4.78 is 46.1. The highest BCUT2D eigenvalue weighted by atomic mass is 32.3. The standard InChI is InChI=1S/C12H17N3O5S2/c1-3-21(17,18)12(22(19,20)4-2)15-14-11(16)13-10-8-6-5-7-9-10/h5-9H,3-4H2,1-2H3,(H2,13,14,16). The quantitative estimate of drug-likeness (QED) is 0.477. The molecule has 1 aromatic rings. The fraction of sp³-hybridized carbons (Fsp3) is 0.333. The fourth-order valence-electron chi connectivity index (χ4n) is 1.36. The van der Waals surface area contributed by atoms with E-state index in [4.69, 9.17) is 0 Å². The number of sulfone groups is 2. The average molecular weight is 347 g/mol. The van der Waals surface area contributed by atoms with Gasteiger partial charge in [0.2, 0.25) is 19.7 Å². The van der Waals surface area contributed by atoms with Gasteiger partial charge in [-0.15, -0.1) is 5.10 Å². The van der Waals surface area contributed by atoms with E-state index in [0.717, 1.165) is 0 Å². The van der Waals surface area contributed by atoms with E-state index in [1.165, 1.54) is 13.8 Å². The van der Waals surface area contributed by atoms with Gasteiger partial charge in [0.05, 0.1) is 11.5 Å². The highest BCUT2D eigenvalue weighted by Crippen LogP contribution is 2.06. The molecule has 0 aromatic heterocycles. The Labute approximate surface area is 129 Å². The molecule has 0 aliphatic carbocycles. The van der Waals surface area contributed by atoms with Gasteiger partial charge in [-0.3, -0.25) is 0 Å². The highest BCUT2D eigenvalue weighted by Gasteiger charge is 2.30. The minimum atomic E-state index is -4.08. The largest absolute Gasteiger partial charge is 0.339 e.